The standard InChI is InChI=1S/C18H20BrF3N4/c1-25(17-10-16(18(20,21)22)23-12-24-17)15-7-9-26(11-15)8-6-13-2-4-14(19)5-3-13/h2-5,10,12,15H,6-9,11H2,1H3. The first kappa shape index (κ1) is 19.1. The van der Waals surface area contributed by atoms with E-state index in [1.807, 2.05) is 17.0 Å². The van der Waals surface area contributed by atoms with Crippen LogP contribution >= 0.6 is 15.9 Å². The summed E-state index contributed by atoms with van der Waals surface area (Å²) < 4.78 is 39.6. The van der Waals surface area contributed by atoms with Gasteiger partial charge in [0.15, 0.2) is 0 Å². The molecule has 140 valence electrons. The lowest BCUT2D eigenvalue weighted by Gasteiger charge is -2.26. The Bertz CT molecular complexity index is 736. The van der Waals surface area contributed by atoms with E-state index in [0.29, 0.717) is 5.82 Å². The highest BCUT2D eigenvalue weighted by Crippen LogP contribution is 2.29. The summed E-state index contributed by atoms with van der Waals surface area (Å²) in [4.78, 5) is 11.5. The minimum Gasteiger partial charge on any atom is -0.355 e. The molecule has 1 aliphatic heterocycles. The van der Waals surface area contributed by atoms with Crippen LogP contribution in [0.25, 0.3) is 0 Å². The Hall–Kier alpha value is -1.67. The van der Waals surface area contributed by atoms with Crippen molar-refractivity contribution < 1.29 is 13.2 Å². The highest BCUT2D eigenvalue weighted by molar-refractivity contribution is 9.10. The predicted molar refractivity (Wildman–Crippen MR) is 98.1 cm³/mol. The molecule has 2 heterocycles. The summed E-state index contributed by atoms with van der Waals surface area (Å²) in [7, 11) is 1.80. The van der Waals surface area contributed by atoms with Crippen molar-refractivity contribution in [1.29, 1.82) is 0 Å². The summed E-state index contributed by atoms with van der Waals surface area (Å²) in [6.07, 6.45) is -1.61. The molecule has 0 aliphatic carbocycles. The third kappa shape index (κ3) is 4.73. The zero-order valence-corrected chi connectivity index (χ0v) is 16.0. The highest BCUT2D eigenvalue weighted by atomic mass is 79.9. The molecule has 0 radical (unpaired) electrons. The number of aromatic nitrogens is 2. The largest absolute Gasteiger partial charge is 0.433 e. The molecule has 4 nitrogen and oxygen atoms in total. The minimum atomic E-state index is -4.45. The fraction of sp³-hybridized carbons (Fsp3) is 0.444. The van der Waals surface area contributed by atoms with Crippen molar-refractivity contribution >= 4 is 21.7 Å². The second kappa shape index (κ2) is 7.92. The minimum absolute atomic E-state index is 0.149. The van der Waals surface area contributed by atoms with E-state index in [4.69, 9.17) is 0 Å². The van der Waals surface area contributed by atoms with Crippen LogP contribution in [0.15, 0.2) is 41.1 Å². The first-order valence-electron chi connectivity index (χ1n) is 8.42. The van der Waals surface area contributed by atoms with E-state index in [-0.39, 0.29) is 6.04 Å². The van der Waals surface area contributed by atoms with Crippen molar-refractivity contribution in [2.24, 2.45) is 0 Å². The zero-order chi connectivity index (χ0) is 18.7. The number of halogens is 4. The van der Waals surface area contributed by atoms with E-state index >= 15 is 0 Å². The molecular weight excluding hydrogens is 409 g/mol. The molecular formula is C18H20BrF3N4. The Morgan fingerprint density at radius 2 is 1.96 bits per heavy atom. The van der Waals surface area contributed by atoms with Gasteiger partial charge in [0.25, 0.3) is 0 Å². The molecule has 1 fully saturated rings. The van der Waals surface area contributed by atoms with Crippen molar-refractivity contribution in [3.63, 3.8) is 0 Å². The predicted octanol–water partition coefficient (Wildman–Crippen LogP) is 4.01. The lowest BCUT2D eigenvalue weighted by molar-refractivity contribution is -0.141. The molecule has 0 spiro atoms. The summed E-state index contributed by atoms with van der Waals surface area (Å²) >= 11 is 3.43. The molecule has 1 unspecified atom stereocenters. The maximum atomic E-state index is 12.8. The number of hydrogen-bond donors (Lipinski definition) is 0. The van der Waals surface area contributed by atoms with E-state index in [1.54, 1.807) is 7.05 Å². The van der Waals surface area contributed by atoms with Crippen LogP contribution in [0, 0.1) is 0 Å². The van der Waals surface area contributed by atoms with Gasteiger partial charge >= 0.3 is 6.18 Å². The van der Waals surface area contributed by atoms with Crippen LogP contribution < -0.4 is 4.90 Å². The van der Waals surface area contributed by atoms with Gasteiger partial charge in [0.1, 0.15) is 17.8 Å². The van der Waals surface area contributed by atoms with Gasteiger partial charge in [-0.05, 0) is 30.5 Å². The van der Waals surface area contributed by atoms with Crippen LogP contribution in [0.2, 0.25) is 0 Å². The van der Waals surface area contributed by atoms with Gasteiger partial charge in [0.05, 0.1) is 0 Å². The molecule has 1 atom stereocenters. The Balaban J connectivity index is 1.57. The van der Waals surface area contributed by atoms with Gasteiger partial charge in [-0.3, -0.25) is 0 Å². The quantitative estimate of drug-likeness (QED) is 0.719. The number of likely N-dealkylation sites (N-methyl/N-ethyl adjacent to an activating group) is 1. The average molecular weight is 429 g/mol. The molecule has 26 heavy (non-hydrogen) atoms. The van der Waals surface area contributed by atoms with Gasteiger partial charge in [0, 0.05) is 43.3 Å². The lowest BCUT2D eigenvalue weighted by atomic mass is 10.1. The van der Waals surface area contributed by atoms with Crippen LogP contribution in [0.1, 0.15) is 17.7 Å². The molecule has 8 heteroatoms. The molecule has 3 rings (SSSR count). The normalized spacial score (nSPS) is 18.3. The third-order valence-electron chi connectivity index (χ3n) is 4.73. The van der Waals surface area contributed by atoms with E-state index in [0.717, 1.165) is 49.3 Å². The highest BCUT2D eigenvalue weighted by Gasteiger charge is 2.34. The summed E-state index contributed by atoms with van der Waals surface area (Å²) in [5.74, 6) is 0.312. The Morgan fingerprint density at radius 1 is 1.23 bits per heavy atom. The van der Waals surface area contributed by atoms with E-state index < -0.39 is 11.9 Å². The number of alkyl halides is 3. The monoisotopic (exact) mass is 428 g/mol. The molecule has 0 N–H and O–H groups in total. The zero-order valence-electron chi connectivity index (χ0n) is 14.4. The summed E-state index contributed by atoms with van der Waals surface area (Å²) in [6, 6.07) is 9.43. The van der Waals surface area contributed by atoms with Crippen LogP contribution in [0.3, 0.4) is 0 Å². The first-order chi connectivity index (χ1) is 12.3. The molecule has 1 aromatic heterocycles. The molecule has 1 aliphatic rings. The number of likely N-dealkylation sites (tertiary alicyclic amines) is 1. The second-order valence-electron chi connectivity index (χ2n) is 6.49. The van der Waals surface area contributed by atoms with Crippen LogP contribution in [-0.2, 0) is 12.6 Å². The summed E-state index contributed by atoms with van der Waals surface area (Å²) in [5.41, 5.74) is 0.370. The van der Waals surface area contributed by atoms with Crippen molar-refractivity contribution in [2.75, 3.05) is 31.6 Å². The van der Waals surface area contributed by atoms with Crippen molar-refractivity contribution in [2.45, 2.75) is 25.1 Å². The molecule has 0 amide bonds. The molecule has 2 aromatic rings. The number of anilines is 1. The number of hydrogen-bond acceptors (Lipinski definition) is 4. The fourth-order valence-corrected chi connectivity index (χ4v) is 3.42. The first-order valence-corrected chi connectivity index (χ1v) is 9.21. The van der Waals surface area contributed by atoms with Gasteiger partial charge in [-0.25, -0.2) is 9.97 Å². The van der Waals surface area contributed by atoms with Crippen LogP contribution in [-0.4, -0.2) is 47.6 Å². The summed E-state index contributed by atoms with van der Waals surface area (Å²) in [6.45, 7) is 2.69. The molecule has 0 bridgehead atoms. The van der Waals surface area contributed by atoms with Gasteiger partial charge in [-0.1, -0.05) is 28.1 Å². The Morgan fingerprint density at radius 3 is 2.65 bits per heavy atom. The smallest absolute Gasteiger partial charge is 0.355 e. The molecule has 1 aromatic carbocycles. The maximum Gasteiger partial charge on any atom is 0.433 e. The maximum absolute atomic E-state index is 12.8. The molecule has 0 saturated carbocycles. The van der Waals surface area contributed by atoms with E-state index in [9.17, 15) is 13.2 Å². The Kier molecular flexibility index (Phi) is 5.82. The van der Waals surface area contributed by atoms with Crippen LogP contribution in [0.4, 0.5) is 19.0 Å². The molecule has 1 saturated heterocycles. The SMILES string of the molecule is CN(c1cc(C(F)(F)F)ncn1)C1CCN(CCc2ccc(Br)cc2)C1. The number of nitrogens with zero attached hydrogens (tertiary/aromatic N) is 4. The Labute approximate surface area is 159 Å². The van der Waals surface area contributed by atoms with E-state index in [2.05, 4.69) is 42.9 Å². The number of benzene rings is 1. The van der Waals surface area contributed by atoms with Crippen molar-refractivity contribution in [1.82, 2.24) is 14.9 Å². The van der Waals surface area contributed by atoms with E-state index in [1.165, 1.54) is 5.56 Å². The third-order valence-corrected chi connectivity index (χ3v) is 5.26. The topological polar surface area (TPSA) is 32.3 Å². The van der Waals surface area contributed by atoms with Crippen molar-refractivity contribution in [3.05, 3.63) is 52.4 Å². The van der Waals surface area contributed by atoms with Gasteiger partial charge in [0.2, 0.25) is 0 Å². The average Bonchev–Trinajstić information content (AvgIpc) is 3.09. The van der Waals surface area contributed by atoms with Gasteiger partial charge in [-0.2, -0.15) is 13.2 Å². The fourth-order valence-electron chi connectivity index (χ4n) is 3.15. The van der Waals surface area contributed by atoms with Gasteiger partial charge in [-0.15, -0.1) is 0 Å². The lowest BCUT2D eigenvalue weighted by Crippen LogP contribution is -2.35. The van der Waals surface area contributed by atoms with Crippen molar-refractivity contribution in [3.8, 4) is 0 Å². The summed E-state index contributed by atoms with van der Waals surface area (Å²) in [5, 5.41) is 0. The number of rotatable bonds is 5. The van der Waals surface area contributed by atoms with Gasteiger partial charge < -0.3 is 9.80 Å². The second-order valence-corrected chi connectivity index (χ2v) is 7.41. The van der Waals surface area contributed by atoms with Crippen LogP contribution in [0.5, 0.6) is 0 Å².